The molecule has 150 valence electrons. The average molecular weight is 380 g/mol. The number of H-pyrrole nitrogens is 1. The van der Waals surface area contributed by atoms with Crippen LogP contribution in [0.1, 0.15) is 46.5 Å². The molecule has 2 rings (SSSR count). The normalized spacial score (nSPS) is 16.0. The lowest BCUT2D eigenvalue weighted by atomic mass is 9.98. The Morgan fingerprint density at radius 2 is 1.96 bits per heavy atom. The van der Waals surface area contributed by atoms with Gasteiger partial charge >= 0.3 is 11.8 Å². The first-order chi connectivity index (χ1) is 12.6. The third kappa shape index (κ3) is 6.92. The Kier molecular flexibility index (Phi) is 6.81. The Hall–Kier alpha value is -2.58. The topological polar surface area (TPSA) is 122 Å². The van der Waals surface area contributed by atoms with E-state index < -0.39 is 22.9 Å². The number of aromatic nitrogens is 2. The zero-order valence-corrected chi connectivity index (χ0v) is 16.0. The molecule has 1 unspecified atom stereocenters. The molecule has 0 spiro atoms. The third-order valence-electron chi connectivity index (χ3n) is 4.39. The summed E-state index contributed by atoms with van der Waals surface area (Å²) in [5, 5.41) is 5.62. The molecule has 1 heterocycles. The highest BCUT2D eigenvalue weighted by atomic mass is 16.6. The van der Waals surface area contributed by atoms with Gasteiger partial charge in [-0.3, -0.25) is 19.1 Å². The van der Waals surface area contributed by atoms with E-state index in [2.05, 4.69) is 15.6 Å². The first-order valence-electron chi connectivity index (χ1n) is 9.20. The molecular weight excluding hydrogens is 352 g/mol. The zero-order valence-electron chi connectivity index (χ0n) is 16.0. The van der Waals surface area contributed by atoms with Crippen LogP contribution in [-0.2, 0) is 16.1 Å². The summed E-state index contributed by atoms with van der Waals surface area (Å²) in [4.78, 5) is 49.2. The Balaban J connectivity index is 1.97. The number of carbonyl (C=O) groups excluding carboxylic acids is 2. The number of carbonyl (C=O) groups is 2. The number of hydrogen-bond acceptors (Lipinski definition) is 5. The van der Waals surface area contributed by atoms with Crippen LogP contribution in [0.2, 0.25) is 0 Å². The highest BCUT2D eigenvalue weighted by molar-refractivity contribution is 5.76. The molecule has 2 amide bonds. The van der Waals surface area contributed by atoms with Gasteiger partial charge in [0.25, 0.3) is 5.56 Å². The van der Waals surface area contributed by atoms with Gasteiger partial charge in [0, 0.05) is 24.8 Å². The van der Waals surface area contributed by atoms with E-state index in [0.29, 0.717) is 0 Å². The molecule has 0 radical (unpaired) electrons. The number of aromatic amines is 1. The number of rotatable bonds is 6. The third-order valence-corrected chi connectivity index (χ3v) is 4.39. The Morgan fingerprint density at radius 1 is 1.30 bits per heavy atom. The molecule has 1 saturated carbocycles. The minimum absolute atomic E-state index is 0.203. The highest BCUT2D eigenvalue weighted by Gasteiger charge is 2.27. The van der Waals surface area contributed by atoms with Gasteiger partial charge in [0.05, 0.1) is 0 Å². The van der Waals surface area contributed by atoms with Crippen LogP contribution in [-0.4, -0.2) is 39.7 Å². The Morgan fingerprint density at radius 3 is 2.56 bits per heavy atom. The zero-order chi connectivity index (χ0) is 20.0. The number of ether oxygens (including phenoxy) is 1. The van der Waals surface area contributed by atoms with Crippen LogP contribution in [0.3, 0.4) is 0 Å². The van der Waals surface area contributed by atoms with Gasteiger partial charge in [-0.1, -0.05) is 12.8 Å². The lowest BCUT2D eigenvalue weighted by molar-refractivity contribution is -0.122. The van der Waals surface area contributed by atoms with E-state index in [0.717, 1.165) is 30.3 Å². The molecule has 1 aliphatic carbocycles. The van der Waals surface area contributed by atoms with E-state index >= 15 is 0 Å². The van der Waals surface area contributed by atoms with Crippen molar-refractivity contribution in [1.29, 1.82) is 0 Å². The van der Waals surface area contributed by atoms with E-state index in [1.807, 2.05) is 0 Å². The largest absolute Gasteiger partial charge is 0.444 e. The molecule has 0 bridgehead atoms. The fraction of sp³-hybridized carbons (Fsp3) is 0.667. The summed E-state index contributed by atoms with van der Waals surface area (Å²) >= 11 is 0. The van der Waals surface area contributed by atoms with Crippen LogP contribution in [0.5, 0.6) is 0 Å². The lowest BCUT2D eigenvalue weighted by Gasteiger charge is -2.26. The molecule has 0 saturated heterocycles. The van der Waals surface area contributed by atoms with Gasteiger partial charge in [0.1, 0.15) is 12.1 Å². The predicted octanol–water partition coefficient (Wildman–Crippen LogP) is 0.736. The summed E-state index contributed by atoms with van der Waals surface area (Å²) in [6, 6.07) is 0.943. The van der Waals surface area contributed by atoms with E-state index in [1.165, 1.54) is 12.3 Å². The summed E-state index contributed by atoms with van der Waals surface area (Å²) in [6.07, 6.45) is 4.87. The standard InChI is InChI=1S/C18H28N4O5/c1-18(2,3)27-17(26)19-10-13(12-6-4-5-7-12)20-15(24)11-22-9-8-14(23)21-16(22)25/h8-9,12-13H,4-7,10-11H2,1-3H3,(H,19,26)(H,20,24)(H,21,23,25). The molecule has 0 aliphatic heterocycles. The van der Waals surface area contributed by atoms with Crippen LogP contribution in [0.15, 0.2) is 21.9 Å². The van der Waals surface area contributed by atoms with E-state index in [-0.39, 0.29) is 31.0 Å². The molecule has 1 fully saturated rings. The fourth-order valence-corrected chi connectivity index (χ4v) is 3.18. The molecule has 9 heteroatoms. The minimum atomic E-state index is -0.637. The van der Waals surface area contributed by atoms with Crippen molar-refractivity contribution in [2.75, 3.05) is 6.54 Å². The van der Waals surface area contributed by atoms with Gasteiger partial charge in [-0.15, -0.1) is 0 Å². The van der Waals surface area contributed by atoms with E-state index in [1.54, 1.807) is 20.8 Å². The second-order valence-corrected chi connectivity index (χ2v) is 7.84. The number of alkyl carbamates (subject to hydrolysis) is 1. The number of nitrogens with zero attached hydrogens (tertiary/aromatic N) is 1. The van der Waals surface area contributed by atoms with Crippen molar-refractivity contribution in [2.45, 2.75) is 64.6 Å². The molecule has 1 aromatic heterocycles. The first kappa shape index (κ1) is 20.7. The number of hydrogen-bond donors (Lipinski definition) is 3. The average Bonchev–Trinajstić information content (AvgIpc) is 3.07. The van der Waals surface area contributed by atoms with Crippen molar-refractivity contribution in [3.8, 4) is 0 Å². The van der Waals surface area contributed by atoms with Crippen molar-refractivity contribution in [2.24, 2.45) is 5.92 Å². The molecule has 27 heavy (non-hydrogen) atoms. The van der Waals surface area contributed by atoms with E-state index in [9.17, 15) is 19.2 Å². The summed E-state index contributed by atoms with van der Waals surface area (Å²) in [5.41, 5.74) is -1.74. The molecule has 1 aliphatic rings. The predicted molar refractivity (Wildman–Crippen MR) is 99.4 cm³/mol. The van der Waals surface area contributed by atoms with Gasteiger partial charge in [-0.2, -0.15) is 0 Å². The molecule has 1 aromatic rings. The smallest absolute Gasteiger partial charge is 0.407 e. The van der Waals surface area contributed by atoms with Gasteiger partial charge in [-0.25, -0.2) is 9.59 Å². The maximum absolute atomic E-state index is 12.4. The number of amides is 2. The molecule has 0 aromatic carbocycles. The monoisotopic (exact) mass is 380 g/mol. The SMILES string of the molecule is CC(C)(C)OC(=O)NCC(NC(=O)Cn1ccc(=O)[nH]c1=O)C1CCCC1. The maximum Gasteiger partial charge on any atom is 0.407 e. The lowest BCUT2D eigenvalue weighted by Crippen LogP contribution is -2.49. The van der Waals surface area contributed by atoms with Gasteiger partial charge in [0.15, 0.2) is 0 Å². The van der Waals surface area contributed by atoms with Gasteiger partial charge in [-0.05, 0) is 39.5 Å². The second kappa shape index (κ2) is 8.88. The van der Waals surface area contributed by atoms with Crippen LogP contribution >= 0.6 is 0 Å². The Labute approximate surface area is 157 Å². The van der Waals surface area contributed by atoms with Crippen LogP contribution in [0, 0.1) is 5.92 Å². The van der Waals surface area contributed by atoms with Crippen LogP contribution in [0.4, 0.5) is 4.79 Å². The van der Waals surface area contributed by atoms with Crippen LogP contribution in [0.25, 0.3) is 0 Å². The molecule has 9 nitrogen and oxygen atoms in total. The molecule has 3 N–H and O–H groups in total. The summed E-state index contributed by atoms with van der Waals surface area (Å²) in [5.74, 6) is -0.0942. The summed E-state index contributed by atoms with van der Waals surface area (Å²) < 4.78 is 6.37. The van der Waals surface area contributed by atoms with Crippen molar-refractivity contribution < 1.29 is 14.3 Å². The van der Waals surface area contributed by atoms with Crippen molar-refractivity contribution >= 4 is 12.0 Å². The van der Waals surface area contributed by atoms with Crippen molar-refractivity contribution in [1.82, 2.24) is 20.2 Å². The Bertz CT molecular complexity index is 771. The summed E-state index contributed by atoms with van der Waals surface area (Å²) in [6.45, 7) is 5.40. The van der Waals surface area contributed by atoms with Crippen molar-refractivity contribution in [3.63, 3.8) is 0 Å². The van der Waals surface area contributed by atoms with Gasteiger partial charge < -0.3 is 15.4 Å². The van der Waals surface area contributed by atoms with E-state index in [4.69, 9.17) is 4.74 Å². The highest BCUT2D eigenvalue weighted by Crippen LogP contribution is 2.27. The second-order valence-electron chi connectivity index (χ2n) is 7.84. The maximum atomic E-state index is 12.4. The number of nitrogens with one attached hydrogen (secondary N) is 3. The molecular formula is C18H28N4O5. The van der Waals surface area contributed by atoms with Crippen LogP contribution < -0.4 is 21.9 Å². The summed E-state index contributed by atoms with van der Waals surface area (Å²) in [7, 11) is 0. The molecule has 1 atom stereocenters. The van der Waals surface area contributed by atoms with Gasteiger partial charge in [0.2, 0.25) is 5.91 Å². The van der Waals surface area contributed by atoms with Crippen molar-refractivity contribution in [3.05, 3.63) is 33.1 Å². The quantitative estimate of drug-likeness (QED) is 0.672. The fourth-order valence-electron chi connectivity index (χ4n) is 3.18. The first-order valence-corrected chi connectivity index (χ1v) is 9.20. The minimum Gasteiger partial charge on any atom is -0.444 e.